The number of benzene rings is 1. The van der Waals surface area contributed by atoms with Crippen LogP contribution in [0.2, 0.25) is 0 Å². The lowest BCUT2D eigenvalue weighted by atomic mass is 9.98. The smallest absolute Gasteiger partial charge is 0.321 e. The predicted molar refractivity (Wildman–Crippen MR) is 99.5 cm³/mol. The number of piperazine rings is 1. The van der Waals surface area contributed by atoms with Crippen molar-refractivity contribution >= 4 is 11.8 Å². The summed E-state index contributed by atoms with van der Waals surface area (Å²) in [5, 5.41) is 7.24. The van der Waals surface area contributed by atoms with Crippen molar-refractivity contribution in [2.24, 2.45) is 7.05 Å². The number of aromatic nitrogens is 2. The summed E-state index contributed by atoms with van der Waals surface area (Å²) in [6.45, 7) is 9.50. The predicted octanol–water partition coefficient (Wildman–Crippen LogP) is 2.86. The van der Waals surface area contributed by atoms with Crippen LogP contribution in [0.1, 0.15) is 25.1 Å². The molecule has 6 nitrogen and oxygen atoms in total. The number of urea groups is 1. The first-order valence-electron chi connectivity index (χ1n) is 8.71. The van der Waals surface area contributed by atoms with E-state index in [9.17, 15) is 4.79 Å². The highest BCUT2D eigenvalue weighted by Gasteiger charge is 2.35. The molecule has 134 valence electrons. The molecule has 2 aromatic rings. The van der Waals surface area contributed by atoms with Crippen LogP contribution in [0.3, 0.4) is 0 Å². The van der Waals surface area contributed by atoms with Gasteiger partial charge in [0, 0.05) is 44.8 Å². The third-order valence-corrected chi connectivity index (χ3v) is 4.81. The second kappa shape index (κ2) is 6.88. The first-order valence-corrected chi connectivity index (χ1v) is 8.71. The van der Waals surface area contributed by atoms with Gasteiger partial charge in [0.2, 0.25) is 0 Å². The number of hydrogen-bond donors (Lipinski definition) is 1. The zero-order valence-corrected chi connectivity index (χ0v) is 15.5. The molecule has 1 aliphatic heterocycles. The normalized spacial score (nSPS) is 17.5. The first kappa shape index (κ1) is 17.5. The molecule has 25 heavy (non-hydrogen) atoms. The lowest BCUT2D eigenvalue weighted by Crippen LogP contribution is -2.60. The van der Waals surface area contributed by atoms with Gasteiger partial charge in [-0.3, -0.25) is 14.9 Å². The molecule has 1 N–H and O–H groups in total. The standard InChI is InChI=1S/C19H27N5O/c1-15-12-17(22(4)21-15)20-18(25)23-10-11-24(19(2,3)14-23)13-16-8-6-5-7-9-16/h5-9,12H,10-11,13-14H2,1-4H3,(H,20,25). The average molecular weight is 341 g/mol. The van der Waals surface area contributed by atoms with Crippen molar-refractivity contribution in [2.75, 3.05) is 25.0 Å². The molecule has 1 aromatic heterocycles. The monoisotopic (exact) mass is 341 g/mol. The van der Waals surface area contributed by atoms with E-state index < -0.39 is 0 Å². The minimum atomic E-state index is -0.0756. The van der Waals surface area contributed by atoms with E-state index in [1.165, 1.54) is 5.56 Å². The van der Waals surface area contributed by atoms with Gasteiger partial charge in [0.05, 0.1) is 5.69 Å². The molecular formula is C19H27N5O. The Bertz CT molecular complexity index is 738. The molecule has 2 heterocycles. The molecule has 3 rings (SSSR count). The van der Waals surface area contributed by atoms with Crippen LogP contribution < -0.4 is 5.32 Å². The Morgan fingerprint density at radius 3 is 2.56 bits per heavy atom. The third kappa shape index (κ3) is 4.02. The Balaban J connectivity index is 1.63. The van der Waals surface area contributed by atoms with Crippen LogP contribution in [0.25, 0.3) is 0 Å². The first-order chi connectivity index (χ1) is 11.8. The van der Waals surface area contributed by atoms with E-state index in [-0.39, 0.29) is 11.6 Å². The Kier molecular flexibility index (Phi) is 4.81. The van der Waals surface area contributed by atoms with Gasteiger partial charge >= 0.3 is 6.03 Å². The molecule has 0 unspecified atom stereocenters. The van der Waals surface area contributed by atoms with Crippen molar-refractivity contribution in [3.8, 4) is 0 Å². The van der Waals surface area contributed by atoms with Gasteiger partial charge in [-0.15, -0.1) is 0 Å². The molecule has 0 saturated carbocycles. The minimum Gasteiger partial charge on any atom is -0.321 e. The molecule has 1 aromatic carbocycles. The SMILES string of the molecule is Cc1cc(NC(=O)N2CCN(Cc3ccccc3)C(C)(C)C2)n(C)n1. The zero-order valence-electron chi connectivity index (χ0n) is 15.5. The highest BCUT2D eigenvalue weighted by atomic mass is 16.2. The summed E-state index contributed by atoms with van der Waals surface area (Å²) in [7, 11) is 1.84. The molecule has 0 bridgehead atoms. The number of hydrogen-bond acceptors (Lipinski definition) is 3. The topological polar surface area (TPSA) is 53.4 Å². The van der Waals surface area contributed by atoms with Gasteiger partial charge < -0.3 is 4.90 Å². The molecule has 0 atom stereocenters. The van der Waals surface area contributed by atoms with Gasteiger partial charge in [0.1, 0.15) is 5.82 Å². The molecule has 6 heteroatoms. The van der Waals surface area contributed by atoms with Crippen molar-refractivity contribution in [2.45, 2.75) is 32.9 Å². The van der Waals surface area contributed by atoms with Crippen molar-refractivity contribution in [3.63, 3.8) is 0 Å². The van der Waals surface area contributed by atoms with Crippen molar-refractivity contribution in [1.29, 1.82) is 0 Å². The van der Waals surface area contributed by atoms with Crippen LogP contribution in [0.15, 0.2) is 36.4 Å². The minimum absolute atomic E-state index is 0.0598. The van der Waals surface area contributed by atoms with Gasteiger partial charge in [-0.05, 0) is 26.3 Å². The summed E-state index contributed by atoms with van der Waals surface area (Å²) in [5.74, 6) is 0.729. The number of carbonyl (C=O) groups excluding carboxylic acids is 1. The lowest BCUT2D eigenvalue weighted by molar-refractivity contribution is 0.0325. The summed E-state index contributed by atoms with van der Waals surface area (Å²) < 4.78 is 1.70. The number of anilines is 1. The van der Waals surface area contributed by atoms with Crippen LogP contribution in [-0.4, -0.2) is 50.8 Å². The van der Waals surface area contributed by atoms with E-state index in [2.05, 4.69) is 53.4 Å². The van der Waals surface area contributed by atoms with Crippen LogP contribution >= 0.6 is 0 Å². The van der Waals surface area contributed by atoms with Crippen molar-refractivity contribution in [1.82, 2.24) is 19.6 Å². The fraction of sp³-hybridized carbons (Fsp3) is 0.474. The Morgan fingerprint density at radius 1 is 1.24 bits per heavy atom. The van der Waals surface area contributed by atoms with Crippen LogP contribution in [0.4, 0.5) is 10.6 Å². The molecule has 0 aliphatic carbocycles. The molecule has 1 saturated heterocycles. The highest BCUT2D eigenvalue weighted by molar-refractivity contribution is 5.88. The van der Waals surface area contributed by atoms with Gasteiger partial charge in [0.15, 0.2) is 0 Å². The van der Waals surface area contributed by atoms with Gasteiger partial charge in [-0.1, -0.05) is 30.3 Å². The number of carbonyl (C=O) groups is 1. The lowest BCUT2D eigenvalue weighted by Gasteiger charge is -2.47. The quantitative estimate of drug-likeness (QED) is 0.934. The fourth-order valence-corrected chi connectivity index (χ4v) is 3.38. The van der Waals surface area contributed by atoms with Gasteiger partial charge in [-0.25, -0.2) is 4.79 Å². The maximum absolute atomic E-state index is 12.6. The number of amides is 2. The van der Waals surface area contributed by atoms with E-state index in [0.717, 1.165) is 31.1 Å². The summed E-state index contributed by atoms with van der Waals surface area (Å²) in [5.41, 5.74) is 2.12. The maximum Gasteiger partial charge on any atom is 0.323 e. The average Bonchev–Trinajstić information content (AvgIpc) is 2.87. The number of aryl methyl sites for hydroxylation is 2. The van der Waals surface area contributed by atoms with E-state index in [1.807, 2.05) is 31.0 Å². The molecule has 1 fully saturated rings. The second-order valence-electron chi connectivity index (χ2n) is 7.37. The summed E-state index contributed by atoms with van der Waals surface area (Å²) in [4.78, 5) is 17.0. The largest absolute Gasteiger partial charge is 0.323 e. The van der Waals surface area contributed by atoms with Gasteiger partial charge in [-0.2, -0.15) is 5.10 Å². The number of nitrogens with zero attached hydrogens (tertiary/aromatic N) is 4. The Labute approximate surface area is 149 Å². The fourth-order valence-electron chi connectivity index (χ4n) is 3.38. The van der Waals surface area contributed by atoms with Crippen LogP contribution in [0.5, 0.6) is 0 Å². The van der Waals surface area contributed by atoms with E-state index in [0.29, 0.717) is 6.54 Å². The molecular weight excluding hydrogens is 314 g/mol. The van der Waals surface area contributed by atoms with E-state index in [1.54, 1.807) is 4.68 Å². The van der Waals surface area contributed by atoms with Crippen LogP contribution in [-0.2, 0) is 13.6 Å². The second-order valence-corrected chi connectivity index (χ2v) is 7.37. The highest BCUT2D eigenvalue weighted by Crippen LogP contribution is 2.24. The third-order valence-electron chi connectivity index (χ3n) is 4.81. The molecule has 1 aliphatic rings. The summed E-state index contributed by atoms with van der Waals surface area (Å²) >= 11 is 0. The zero-order chi connectivity index (χ0) is 18.0. The van der Waals surface area contributed by atoms with E-state index >= 15 is 0 Å². The number of rotatable bonds is 3. The van der Waals surface area contributed by atoms with Gasteiger partial charge in [0.25, 0.3) is 0 Å². The Hall–Kier alpha value is -2.34. The molecule has 0 radical (unpaired) electrons. The molecule has 0 spiro atoms. The van der Waals surface area contributed by atoms with E-state index in [4.69, 9.17) is 0 Å². The van der Waals surface area contributed by atoms with Crippen molar-refractivity contribution < 1.29 is 4.79 Å². The Morgan fingerprint density at radius 2 is 1.96 bits per heavy atom. The van der Waals surface area contributed by atoms with Crippen molar-refractivity contribution in [3.05, 3.63) is 47.7 Å². The van der Waals surface area contributed by atoms with Crippen LogP contribution in [0, 0.1) is 6.92 Å². The summed E-state index contributed by atoms with van der Waals surface area (Å²) in [6.07, 6.45) is 0. The molecule has 2 amide bonds. The summed E-state index contributed by atoms with van der Waals surface area (Å²) in [6, 6.07) is 12.3. The maximum atomic E-state index is 12.6. The number of nitrogens with one attached hydrogen (secondary N) is 1.